The summed E-state index contributed by atoms with van der Waals surface area (Å²) in [6, 6.07) is 19.2. The number of alkyl halides is 3. The van der Waals surface area contributed by atoms with Crippen LogP contribution in [0, 0.1) is 0 Å². The van der Waals surface area contributed by atoms with Crippen LogP contribution >= 0.6 is 0 Å². The van der Waals surface area contributed by atoms with Gasteiger partial charge in [-0.3, -0.25) is 9.59 Å². The largest absolute Gasteiger partial charge is 0.460 e. The molecule has 1 N–H and O–H groups in total. The van der Waals surface area contributed by atoms with Gasteiger partial charge < -0.3 is 10.1 Å². The molecule has 1 heterocycles. The highest BCUT2D eigenvalue weighted by atomic mass is 19.4. The maximum Gasteiger partial charge on any atom is 0.416 e. The summed E-state index contributed by atoms with van der Waals surface area (Å²) in [6.45, 7) is 7.33. The summed E-state index contributed by atoms with van der Waals surface area (Å²) in [5, 5.41) is 2.99. The molecule has 0 spiro atoms. The number of hydrogen-bond donors (Lipinski definition) is 1. The Morgan fingerprint density at radius 1 is 0.881 bits per heavy atom. The van der Waals surface area contributed by atoms with Gasteiger partial charge in [-0.2, -0.15) is 13.2 Å². The van der Waals surface area contributed by atoms with E-state index in [1.807, 2.05) is 58.0 Å². The number of nitrogens with zero attached hydrogens (tertiary/aromatic N) is 2. The summed E-state index contributed by atoms with van der Waals surface area (Å²) in [4.78, 5) is 34.7. The first-order valence-corrected chi connectivity index (χ1v) is 13.9. The third-order valence-electron chi connectivity index (χ3n) is 6.60. The van der Waals surface area contributed by atoms with Gasteiger partial charge in [0.15, 0.2) is 0 Å². The molecule has 0 radical (unpaired) electrons. The lowest BCUT2D eigenvalue weighted by atomic mass is 10.0. The molecule has 42 heavy (non-hydrogen) atoms. The number of rotatable bonds is 9. The van der Waals surface area contributed by atoms with E-state index in [2.05, 4.69) is 5.32 Å². The minimum Gasteiger partial charge on any atom is -0.460 e. The molecular weight excluding hydrogens is 543 g/mol. The van der Waals surface area contributed by atoms with Gasteiger partial charge in [0, 0.05) is 17.5 Å². The Bertz CT molecular complexity index is 1550. The molecule has 4 aromatic rings. The number of esters is 1. The number of ether oxygens (including phenoxy) is 1. The lowest BCUT2D eigenvalue weighted by molar-refractivity contribution is -0.155. The Kier molecular flexibility index (Phi) is 9.29. The zero-order valence-electron chi connectivity index (χ0n) is 24.1. The zero-order chi connectivity index (χ0) is 30.5. The zero-order valence-corrected chi connectivity index (χ0v) is 24.1. The molecule has 220 valence electrons. The normalized spacial score (nSPS) is 12.6. The van der Waals surface area contributed by atoms with Crippen molar-refractivity contribution in [1.29, 1.82) is 0 Å². The van der Waals surface area contributed by atoms with Gasteiger partial charge in [-0.25, -0.2) is 9.97 Å². The Morgan fingerprint density at radius 3 is 2.21 bits per heavy atom. The summed E-state index contributed by atoms with van der Waals surface area (Å²) in [6.07, 6.45) is -2.66. The predicted octanol–water partition coefficient (Wildman–Crippen LogP) is 7.86. The molecule has 0 bridgehead atoms. The number of benzene rings is 3. The average molecular weight is 578 g/mol. The molecule has 0 saturated carbocycles. The van der Waals surface area contributed by atoms with Gasteiger partial charge in [-0.05, 0) is 82.9 Å². The van der Waals surface area contributed by atoms with E-state index in [1.165, 1.54) is 12.1 Å². The van der Waals surface area contributed by atoms with Crippen LogP contribution in [0.25, 0.3) is 22.3 Å². The first-order valence-electron chi connectivity index (χ1n) is 13.9. The number of halogens is 3. The van der Waals surface area contributed by atoms with E-state index in [0.29, 0.717) is 52.8 Å². The van der Waals surface area contributed by atoms with Crippen LogP contribution < -0.4 is 5.32 Å². The van der Waals surface area contributed by atoms with E-state index in [1.54, 1.807) is 18.2 Å². The first-order chi connectivity index (χ1) is 19.8. The average Bonchev–Trinajstić information content (AvgIpc) is 2.93. The van der Waals surface area contributed by atoms with Crippen molar-refractivity contribution in [3.05, 3.63) is 95.2 Å². The Hall–Kier alpha value is -4.27. The van der Waals surface area contributed by atoms with Crippen LogP contribution in [0.15, 0.2) is 72.8 Å². The lowest BCUT2D eigenvalue weighted by Crippen LogP contribution is -2.26. The van der Waals surface area contributed by atoms with Crippen molar-refractivity contribution >= 4 is 22.9 Å². The Morgan fingerprint density at radius 2 is 1.57 bits per heavy atom. The molecule has 0 unspecified atom stereocenters. The third-order valence-corrected chi connectivity index (χ3v) is 6.60. The van der Waals surface area contributed by atoms with Crippen molar-refractivity contribution in [3.63, 3.8) is 0 Å². The van der Waals surface area contributed by atoms with Crippen molar-refractivity contribution in [2.24, 2.45) is 0 Å². The lowest BCUT2D eigenvalue weighted by Gasteiger charge is -2.19. The van der Waals surface area contributed by atoms with Gasteiger partial charge in [-0.1, -0.05) is 42.5 Å². The SMILES string of the molecule is C[C@@H](NC(=O)c1ccc2nc(-c3ccc(C(F)(F)F)cc3)c(CCCCC(=O)OC(C)(C)C)nc2c1)c1ccccc1. The molecule has 0 saturated heterocycles. The van der Waals surface area contributed by atoms with Crippen LogP contribution in [-0.4, -0.2) is 27.4 Å². The van der Waals surface area contributed by atoms with Gasteiger partial charge in [0.2, 0.25) is 0 Å². The van der Waals surface area contributed by atoms with Crippen LogP contribution in [0.2, 0.25) is 0 Å². The highest BCUT2D eigenvalue weighted by Gasteiger charge is 2.30. The number of carbonyl (C=O) groups excluding carboxylic acids is 2. The Balaban J connectivity index is 1.60. The number of hydrogen-bond acceptors (Lipinski definition) is 5. The number of aromatic nitrogens is 2. The van der Waals surface area contributed by atoms with E-state index in [0.717, 1.165) is 17.7 Å². The van der Waals surface area contributed by atoms with E-state index in [4.69, 9.17) is 14.7 Å². The van der Waals surface area contributed by atoms with Gasteiger partial charge in [0.25, 0.3) is 5.91 Å². The van der Waals surface area contributed by atoms with Gasteiger partial charge >= 0.3 is 12.1 Å². The molecule has 3 aromatic carbocycles. The van der Waals surface area contributed by atoms with E-state index < -0.39 is 17.3 Å². The smallest absolute Gasteiger partial charge is 0.416 e. The predicted molar refractivity (Wildman–Crippen MR) is 156 cm³/mol. The van der Waals surface area contributed by atoms with Crippen molar-refractivity contribution in [2.45, 2.75) is 71.2 Å². The fourth-order valence-electron chi connectivity index (χ4n) is 4.51. The molecule has 9 heteroatoms. The molecule has 0 aliphatic rings. The van der Waals surface area contributed by atoms with E-state index in [-0.39, 0.29) is 24.3 Å². The number of aryl methyl sites for hydroxylation is 1. The van der Waals surface area contributed by atoms with Crippen LogP contribution in [0.4, 0.5) is 13.2 Å². The van der Waals surface area contributed by atoms with Gasteiger partial charge in [0.05, 0.1) is 34.0 Å². The first kappa shape index (κ1) is 30.7. The van der Waals surface area contributed by atoms with Gasteiger partial charge in [0.1, 0.15) is 5.60 Å². The number of carbonyl (C=O) groups is 2. The summed E-state index contributed by atoms with van der Waals surface area (Å²) in [7, 11) is 0. The standard InChI is InChI=1S/C33H34F3N3O3/c1-21(22-10-6-5-7-11-22)37-31(41)24-16-19-26-28(20-24)38-27(12-8-9-13-29(40)42-32(2,3)4)30(39-26)23-14-17-25(18-15-23)33(34,35)36/h5-7,10-11,14-21H,8-9,12-13H2,1-4H3,(H,37,41)/t21-/m1/s1. The fourth-order valence-corrected chi connectivity index (χ4v) is 4.51. The van der Waals surface area contributed by atoms with E-state index >= 15 is 0 Å². The minimum atomic E-state index is -4.45. The van der Waals surface area contributed by atoms with E-state index in [9.17, 15) is 22.8 Å². The molecule has 6 nitrogen and oxygen atoms in total. The van der Waals surface area contributed by atoms with Crippen LogP contribution in [0.1, 0.15) is 80.2 Å². The summed E-state index contributed by atoms with van der Waals surface area (Å²) < 4.78 is 44.9. The molecule has 0 aliphatic carbocycles. The van der Waals surface area contributed by atoms with Crippen molar-refractivity contribution < 1.29 is 27.5 Å². The van der Waals surface area contributed by atoms with Crippen LogP contribution in [0.3, 0.4) is 0 Å². The molecule has 0 aliphatic heterocycles. The number of nitrogens with one attached hydrogen (secondary N) is 1. The highest BCUT2D eigenvalue weighted by Crippen LogP contribution is 2.32. The number of fused-ring (bicyclic) bond motifs is 1. The molecular formula is C33H34F3N3O3. The Labute approximate surface area is 243 Å². The number of amides is 1. The minimum absolute atomic E-state index is 0.205. The quantitative estimate of drug-likeness (QED) is 0.162. The van der Waals surface area contributed by atoms with Crippen molar-refractivity contribution in [2.75, 3.05) is 0 Å². The fraction of sp³-hybridized carbons (Fsp3) is 0.333. The summed E-state index contributed by atoms with van der Waals surface area (Å²) in [5.74, 6) is -0.559. The monoisotopic (exact) mass is 577 g/mol. The maximum absolute atomic E-state index is 13.2. The summed E-state index contributed by atoms with van der Waals surface area (Å²) in [5.41, 5.74) is 2.60. The second-order valence-corrected chi connectivity index (χ2v) is 11.2. The second-order valence-electron chi connectivity index (χ2n) is 11.2. The van der Waals surface area contributed by atoms with Crippen LogP contribution in [-0.2, 0) is 22.1 Å². The number of unbranched alkanes of at least 4 members (excludes halogenated alkanes) is 1. The molecule has 0 fully saturated rings. The van der Waals surface area contributed by atoms with Crippen molar-refractivity contribution in [3.8, 4) is 11.3 Å². The molecule has 1 atom stereocenters. The summed E-state index contributed by atoms with van der Waals surface area (Å²) >= 11 is 0. The topological polar surface area (TPSA) is 81.2 Å². The highest BCUT2D eigenvalue weighted by molar-refractivity contribution is 5.97. The molecule has 1 amide bonds. The third kappa shape index (κ3) is 8.15. The second kappa shape index (κ2) is 12.7. The molecule has 1 aromatic heterocycles. The molecule has 4 rings (SSSR count). The maximum atomic E-state index is 13.2. The van der Waals surface area contributed by atoms with Crippen molar-refractivity contribution in [1.82, 2.24) is 15.3 Å². The van der Waals surface area contributed by atoms with Gasteiger partial charge in [-0.15, -0.1) is 0 Å². The van der Waals surface area contributed by atoms with Crippen LogP contribution in [0.5, 0.6) is 0 Å².